The molecule has 0 spiro atoms. The maximum atomic E-state index is 2.25. The highest BCUT2D eigenvalue weighted by molar-refractivity contribution is 7.99. The molecule has 0 unspecified atom stereocenters. The van der Waals surface area contributed by atoms with Gasteiger partial charge in [0.15, 0.2) is 0 Å². The van der Waals surface area contributed by atoms with Crippen LogP contribution < -0.4 is 0 Å². The summed E-state index contributed by atoms with van der Waals surface area (Å²) in [7, 11) is 0. The molecule has 0 nitrogen and oxygen atoms in total. The number of hydrogen-bond acceptors (Lipinski definition) is 1. The monoisotopic (exact) mass is 157 g/mol. The molecule has 0 N–H and O–H groups in total. The fourth-order valence-corrected chi connectivity index (χ4v) is 1.78. The molecule has 3 radical (unpaired) electrons. The van der Waals surface area contributed by atoms with Gasteiger partial charge in [0.1, 0.15) is 0 Å². The molecule has 0 bridgehead atoms. The van der Waals surface area contributed by atoms with Gasteiger partial charge in [-0.25, -0.2) is 0 Å². The van der Waals surface area contributed by atoms with Gasteiger partial charge in [0.25, 0.3) is 0 Å². The van der Waals surface area contributed by atoms with E-state index >= 15 is 0 Å². The first-order chi connectivity index (χ1) is 4.41. The minimum Gasteiger partial charge on any atom is -0.162 e. The van der Waals surface area contributed by atoms with E-state index in [1.807, 2.05) is 0 Å². The van der Waals surface area contributed by atoms with E-state index in [2.05, 4.69) is 25.6 Å². The Bertz CT molecular complexity index is 42.5. The Morgan fingerprint density at radius 3 is 1.60 bits per heavy atom. The van der Waals surface area contributed by atoms with Gasteiger partial charge in [-0.1, -0.05) is 26.7 Å². The zero-order valence-corrected chi connectivity index (χ0v) is 8.04. The maximum absolute atomic E-state index is 2.25. The lowest BCUT2D eigenvalue weighted by Crippen LogP contribution is -1.81. The summed E-state index contributed by atoms with van der Waals surface area (Å²) in [5, 5.41) is 0. The summed E-state index contributed by atoms with van der Waals surface area (Å²) in [6, 6.07) is 0. The molecule has 0 atom stereocenters. The van der Waals surface area contributed by atoms with Crippen LogP contribution in [0.2, 0.25) is 0 Å². The summed E-state index contributed by atoms with van der Waals surface area (Å²) in [6.07, 6.45) is 5.49. The smallest absolute Gasteiger partial charge is 0 e. The highest BCUT2D eigenvalue weighted by atomic mass is 32.2. The van der Waals surface area contributed by atoms with E-state index in [1.54, 1.807) is 0 Å². The van der Waals surface area contributed by atoms with Crippen molar-refractivity contribution in [3.05, 3.63) is 0 Å². The molecule has 0 aromatic carbocycles. The van der Waals surface area contributed by atoms with Crippen LogP contribution in [0.3, 0.4) is 0 Å². The summed E-state index contributed by atoms with van der Waals surface area (Å²) in [5.74, 6) is 2.74. The zero-order chi connectivity index (χ0) is 6.95. The Morgan fingerprint density at radius 1 is 0.900 bits per heavy atom. The molecule has 0 heterocycles. The van der Waals surface area contributed by atoms with Gasteiger partial charge >= 0.3 is 0 Å². The average Bonchev–Trinajstić information content (AvgIpc) is 1.89. The average molecular weight is 157 g/mol. The van der Waals surface area contributed by atoms with E-state index in [0.717, 1.165) is 0 Å². The van der Waals surface area contributed by atoms with Crippen molar-refractivity contribution < 1.29 is 0 Å². The van der Waals surface area contributed by atoms with Crippen molar-refractivity contribution in [3.8, 4) is 0 Å². The first kappa shape index (κ1) is 13.0. The normalized spacial score (nSPS) is 9.00. The molecule has 0 rings (SSSR count). The zero-order valence-electron chi connectivity index (χ0n) is 7.23. The molecule has 0 saturated heterocycles. The van der Waals surface area contributed by atoms with Crippen LogP contribution in [0.1, 0.15) is 39.5 Å². The standard InChI is InChI=1S/C8H18S.B/c1-3-5-7-9-8-6-4-2;/h3-8H2,1-2H3;. The molecule has 0 saturated carbocycles. The lowest BCUT2D eigenvalue weighted by Gasteiger charge is -1.96. The highest BCUT2D eigenvalue weighted by Gasteiger charge is 1.85. The molecule has 2 heteroatoms. The van der Waals surface area contributed by atoms with E-state index < -0.39 is 0 Å². The third kappa shape index (κ3) is 11.2. The number of thioether (sulfide) groups is 1. The Kier molecular flexibility index (Phi) is 15.8. The van der Waals surface area contributed by atoms with Gasteiger partial charge in [0, 0.05) is 8.41 Å². The Labute approximate surface area is 71.7 Å². The minimum atomic E-state index is 0. The Hall–Kier alpha value is 0.415. The predicted molar refractivity (Wildman–Crippen MR) is 52.9 cm³/mol. The second kappa shape index (κ2) is 12.1. The van der Waals surface area contributed by atoms with Crippen LogP contribution in [0, 0.1) is 0 Å². The third-order valence-electron chi connectivity index (χ3n) is 1.28. The van der Waals surface area contributed by atoms with Gasteiger partial charge in [-0.2, -0.15) is 11.8 Å². The number of hydrogen-bond donors (Lipinski definition) is 0. The molecule has 0 amide bonds. The van der Waals surface area contributed by atoms with Crippen molar-refractivity contribution in [2.75, 3.05) is 11.5 Å². The van der Waals surface area contributed by atoms with Crippen molar-refractivity contribution in [1.29, 1.82) is 0 Å². The molecule has 0 fully saturated rings. The van der Waals surface area contributed by atoms with Crippen LogP contribution in [-0.2, 0) is 0 Å². The molecule has 0 aliphatic carbocycles. The van der Waals surface area contributed by atoms with Crippen molar-refractivity contribution in [2.45, 2.75) is 39.5 Å². The van der Waals surface area contributed by atoms with Crippen LogP contribution in [0.5, 0.6) is 0 Å². The lowest BCUT2D eigenvalue weighted by molar-refractivity contribution is 0.879. The predicted octanol–water partition coefficient (Wildman–Crippen LogP) is 2.94. The molecular formula is C8H18BS. The third-order valence-corrected chi connectivity index (χ3v) is 2.44. The van der Waals surface area contributed by atoms with Crippen LogP contribution >= 0.6 is 11.8 Å². The highest BCUT2D eigenvalue weighted by Crippen LogP contribution is 2.06. The van der Waals surface area contributed by atoms with Crippen molar-refractivity contribution in [3.63, 3.8) is 0 Å². The Morgan fingerprint density at radius 2 is 1.30 bits per heavy atom. The van der Waals surface area contributed by atoms with Crippen LogP contribution in [0.25, 0.3) is 0 Å². The van der Waals surface area contributed by atoms with Gasteiger partial charge in [0.2, 0.25) is 0 Å². The molecule has 0 aliphatic heterocycles. The summed E-state index contributed by atoms with van der Waals surface area (Å²) >= 11 is 2.10. The first-order valence-electron chi connectivity index (χ1n) is 3.99. The summed E-state index contributed by atoms with van der Waals surface area (Å²) in [4.78, 5) is 0. The van der Waals surface area contributed by atoms with E-state index in [9.17, 15) is 0 Å². The van der Waals surface area contributed by atoms with Gasteiger partial charge < -0.3 is 0 Å². The Balaban J connectivity index is 0. The van der Waals surface area contributed by atoms with Crippen molar-refractivity contribution in [2.24, 2.45) is 0 Å². The summed E-state index contributed by atoms with van der Waals surface area (Å²) < 4.78 is 0. The van der Waals surface area contributed by atoms with Gasteiger partial charge in [0.05, 0.1) is 0 Å². The fourth-order valence-electron chi connectivity index (χ4n) is 0.595. The molecule has 0 aliphatic rings. The van der Waals surface area contributed by atoms with Crippen LogP contribution in [0.15, 0.2) is 0 Å². The SMILES string of the molecule is CCCCSCCCC.[B]. The second-order valence-electron chi connectivity index (χ2n) is 2.32. The summed E-state index contributed by atoms with van der Waals surface area (Å²) in [6.45, 7) is 4.50. The summed E-state index contributed by atoms with van der Waals surface area (Å²) in [5.41, 5.74) is 0. The van der Waals surface area contributed by atoms with Gasteiger partial charge in [-0.05, 0) is 24.3 Å². The quantitative estimate of drug-likeness (QED) is 0.422. The fraction of sp³-hybridized carbons (Fsp3) is 1.00. The number of unbranched alkanes of at least 4 members (excludes halogenated alkanes) is 2. The van der Waals surface area contributed by atoms with Crippen molar-refractivity contribution in [1.82, 2.24) is 0 Å². The van der Waals surface area contributed by atoms with E-state index in [1.165, 1.54) is 37.2 Å². The minimum absolute atomic E-state index is 0. The van der Waals surface area contributed by atoms with E-state index in [4.69, 9.17) is 0 Å². The molecule has 0 aromatic rings. The van der Waals surface area contributed by atoms with Gasteiger partial charge in [-0.15, -0.1) is 0 Å². The molecule has 0 aromatic heterocycles. The maximum Gasteiger partial charge on any atom is 0 e. The second-order valence-corrected chi connectivity index (χ2v) is 3.54. The van der Waals surface area contributed by atoms with E-state index in [-0.39, 0.29) is 8.41 Å². The van der Waals surface area contributed by atoms with Gasteiger partial charge in [-0.3, -0.25) is 0 Å². The number of rotatable bonds is 6. The largest absolute Gasteiger partial charge is 0.162 e. The molecular weight excluding hydrogens is 139 g/mol. The topological polar surface area (TPSA) is 0 Å². The molecule has 59 valence electrons. The molecule has 10 heavy (non-hydrogen) atoms. The van der Waals surface area contributed by atoms with Crippen LogP contribution in [-0.4, -0.2) is 19.9 Å². The first-order valence-corrected chi connectivity index (χ1v) is 5.15. The van der Waals surface area contributed by atoms with Crippen LogP contribution in [0.4, 0.5) is 0 Å². The van der Waals surface area contributed by atoms with E-state index in [0.29, 0.717) is 0 Å². The lowest BCUT2D eigenvalue weighted by atomic mass is 10.4. The van der Waals surface area contributed by atoms with Crippen molar-refractivity contribution >= 4 is 20.2 Å².